The van der Waals surface area contributed by atoms with Gasteiger partial charge in [-0.25, -0.2) is 0 Å². The molecule has 0 aliphatic carbocycles. The van der Waals surface area contributed by atoms with E-state index in [-0.39, 0.29) is 0 Å². The molecule has 3 aromatic heterocycles. The van der Waals surface area contributed by atoms with Crippen molar-refractivity contribution in [2.45, 2.75) is 6.92 Å². The number of rotatable bonds is 2. The number of furan rings is 1. The molecule has 0 unspecified atom stereocenters. The van der Waals surface area contributed by atoms with Crippen molar-refractivity contribution >= 4 is 65.6 Å². The van der Waals surface area contributed by atoms with Crippen LogP contribution in [0.15, 0.2) is 132 Å². The Kier molecular flexibility index (Phi) is 4.26. The second-order valence-electron chi connectivity index (χ2n) is 10.7. The second kappa shape index (κ2) is 7.87. The third-order valence-electron chi connectivity index (χ3n) is 8.34. The number of hydrogen-bond donors (Lipinski definition) is 0. The van der Waals surface area contributed by atoms with Crippen LogP contribution in [0.4, 0.5) is 0 Å². The highest BCUT2D eigenvalue weighted by Crippen LogP contribution is 2.43. The van der Waals surface area contributed by atoms with Crippen LogP contribution >= 0.6 is 0 Å². The molecule has 9 aromatic rings. The number of benzene rings is 6. The minimum Gasteiger partial charge on any atom is -0.455 e. The summed E-state index contributed by atoms with van der Waals surface area (Å²) in [6.07, 6.45) is 0. The van der Waals surface area contributed by atoms with Crippen LogP contribution in [0.25, 0.3) is 76.9 Å². The Morgan fingerprint density at radius 3 is 2.05 bits per heavy atom. The van der Waals surface area contributed by atoms with Crippen LogP contribution in [0.3, 0.4) is 0 Å². The van der Waals surface area contributed by atoms with Gasteiger partial charge in [0, 0.05) is 38.3 Å². The maximum atomic E-state index is 6.59. The SMILES string of the molecule is Cc1cccc(-n2c3ccccc3c3cc4c5c6oc7ccccc7c6ccc5n(-c5ccccc5)c4cc32)c1. The van der Waals surface area contributed by atoms with Crippen LogP contribution in [-0.2, 0) is 0 Å². The zero-order chi connectivity index (χ0) is 26.4. The predicted molar refractivity (Wildman–Crippen MR) is 167 cm³/mol. The van der Waals surface area contributed by atoms with Crippen molar-refractivity contribution in [3.05, 3.63) is 133 Å². The molecule has 0 aliphatic heterocycles. The summed E-state index contributed by atoms with van der Waals surface area (Å²) < 4.78 is 11.4. The van der Waals surface area contributed by atoms with Gasteiger partial charge < -0.3 is 13.6 Å². The fourth-order valence-corrected chi connectivity index (χ4v) is 6.64. The molecule has 0 saturated heterocycles. The summed E-state index contributed by atoms with van der Waals surface area (Å²) in [4.78, 5) is 0. The van der Waals surface area contributed by atoms with Crippen molar-refractivity contribution in [3.63, 3.8) is 0 Å². The van der Waals surface area contributed by atoms with E-state index >= 15 is 0 Å². The third-order valence-corrected chi connectivity index (χ3v) is 8.34. The van der Waals surface area contributed by atoms with E-state index in [9.17, 15) is 0 Å². The van der Waals surface area contributed by atoms with Crippen molar-refractivity contribution in [3.8, 4) is 11.4 Å². The van der Waals surface area contributed by atoms with E-state index in [0.29, 0.717) is 0 Å². The van der Waals surface area contributed by atoms with Gasteiger partial charge in [0.15, 0.2) is 0 Å². The number of nitrogens with zero attached hydrogens (tertiary/aromatic N) is 2. The first kappa shape index (κ1) is 21.6. The highest BCUT2D eigenvalue weighted by atomic mass is 16.3. The van der Waals surface area contributed by atoms with E-state index in [1.54, 1.807) is 0 Å². The molecular weight excluding hydrogens is 488 g/mol. The summed E-state index contributed by atoms with van der Waals surface area (Å²) in [6.45, 7) is 2.15. The molecule has 0 N–H and O–H groups in total. The van der Waals surface area contributed by atoms with Gasteiger partial charge in [-0.2, -0.15) is 0 Å². The lowest BCUT2D eigenvalue weighted by Crippen LogP contribution is -1.96. The zero-order valence-electron chi connectivity index (χ0n) is 21.9. The number of aryl methyl sites for hydroxylation is 1. The van der Waals surface area contributed by atoms with Crippen LogP contribution < -0.4 is 0 Å². The van der Waals surface area contributed by atoms with Crippen LogP contribution in [-0.4, -0.2) is 9.13 Å². The van der Waals surface area contributed by atoms with Gasteiger partial charge in [-0.15, -0.1) is 0 Å². The second-order valence-corrected chi connectivity index (χ2v) is 10.7. The topological polar surface area (TPSA) is 23.0 Å². The standard InChI is InChI=1S/C37H24N2O/c1-23-10-9-13-25(20-23)39-31-16-7-5-14-26(31)29-21-30-34(22-33(29)39)38(24-11-3-2-4-12-24)32-19-18-28-27-15-6-8-17-35(27)40-37(28)36(30)32/h2-22H,1H3. The van der Waals surface area contributed by atoms with E-state index < -0.39 is 0 Å². The maximum Gasteiger partial charge on any atom is 0.145 e. The fraction of sp³-hybridized carbons (Fsp3) is 0.0270. The normalized spacial score (nSPS) is 12.1. The highest BCUT2D eigenvalue weighted by Gasteiger charge is 2.21. The van der Waals surface area contributed by atoms with Crippen molar-refractivity contribution in [1.82, 2.24) is 9.13 Å². The van der Waals surface area contributed by atoms with E-state index in [1.165, 1.54) is 44.0 Å². The number of para-hydroxylation sites is 3. The summed E-state index contributed by atoms with van der Waals surface area (Å²) in [6, 6.07) is 45.7. The number of fused-ring (bicyclic) bond motifs is 10. The number of aromatic nitrogens is 2. The van der Waals surface area contributed by atoms with Gasteiger partial charge in [-0.1, -0.05) is 66.7 Å². The molecular formula is C37H24N2O. The molecule has 0 amide bonds. The minimum atomic E-state index is 0.919. The molecule has 6 aromatic carbocycles. The molecule has 0 radical (unpaired) electrons. The Bertz CT molecular complexity index is 2440. The van der Waals surface area contributed by atoms with Gasteiger partial charge in [-0.3, -0.25) is 0 Å². The van der Waals surface area contributed by atoms with Crippen LogP contribution in [0.2, 0.25) is 0 Å². The molecule has 0 atom stereocenters. The average Bonchev–Trinajstić information content (AvgIpc) is 3.63. The summed E-state index contributed by atoms with van der Waals surface area (Å²) in [5.41, 5.74) is 10.1. The first-order chi connectivity index (χ1) is 19.8. The smallest absolute Gasteiger partial charge is 0.145 e. The molecule has 0 fully saturated rings. The molecule has 40 heavy (non-hydrogen) atoms. The molecule has 0 spiro atoms. The molecule has 0 aliphatic rings. The molecule has 3 heteroatoms. The number of hydrogen-bond acceptors (Lipinski definition) is 1. The largest absolute Gasteiger partial charge is 0.455 e. The lowest BCUT2D eigenvalue weighted by Gasteiger charge is -2.10. The van der Waals surface area contributed by atoms with Crippen molar-refractivity contribution < 1.29 is 4.42 Å². The van der Waals surface area contributed by atoms with Crippen molar-refractivity contribution in [2.75, 3.05) is 0 Å². The lowest BCUT2D eigenvalue weighted by molar-refractivity contribution is 0.673. The van der Waals surface area contributed by atoms with Gasteiger partial charge in [0.2, 0.25) is 0 Å². The first-order valence-corrected chi connectivity index (χ1v) is 13.7. The van der Waals surface area contributed by atoms with Gasteiger partial charge in [0.25, 0.3) is 0 Å². The van der Waals surface area contributed by atoms with Crippen LogP contribution in [0, 0.1) is 6.92 Å². The summed E-state index contributed by atoms with van der Waals surface area (Å²) in [5, 5.41) is 7.14. The molecule has 0 saturated carbocycles. The Balaban J connectivity index is 1.53. The molecule has 0 bridgehead atoms. The molecule has 3 nitrogen and oxygen atoms in total. The molecule has 3 heterocycles. The lowest BCUT2D eigenvalue weighted by atomic mass is 10.1. The van der Waals surface area contributed by atoms with E-state index in [4.69, 9.17) is 4.42 Å². The average molecular weight is 513 g/mol. The third kappa shape index (κ3) is 2.84. The summed E-state index contributed by atoms with van der Waals surface area (Å²) >= 11 is 0. The van der Waals surface area contributed by atoms with Crippen LogP contribution in [0.5, 0.6) is 0 Å². The maximum absolute atomic E-state index is 6.59. The monoisotopic (exact) mass is 512 g/mol. The van der Waals surface area contributed by atoms with E-state index in [0.717, 1.165) is 38.5 Å². The predicted octanol–water partition coefficient (Wildman–Crippen LogP) is 10.1. The van der Waals surface area contributed by atoms with Gasteiger partial charge in [0.1, 0.15) is 11.2 Å². The first-order valence-electron chi connectivity index (χ1n) is 13.7. The molecule has 188 valence electrons. The quantitative estimate of drug-likeness (QED) is 0.226. The van der Waals surface area contributed by atoms with E-state index in [1.807, 2.05) is 6.07 Å². The van der Waals surface area contributed by atoms with Gasteiger partial charge in [0.05, 0.1) is 27.5 Å². The summed E-state index contributed by atoms with van der Waals surface area (Å²) in [7, 11) is 0. The Morgan fingerprint density at radius 2 is 1.18 bits per heavy atom. The van der Waals surface area contributed by atoms with Gasteiger partial charge >= 0.3 is 0 Å². The summed E-state index contributed by atoms with van der Waals surface area (Å²) in [5.74, 6) is 0. The Morgan fingerprint density at radius 1 is 0.450 bits per heavy atom. The highest BCUT2D eigenvalue weighted by molar-refractivity contribution is 6.26. The minimum absolute atomic E-state index is 0.919. The Labute approximate surface area is 230 Å². The zero-order valence-corrected chi connectivity index (χ0v) is 21.9. The van der Waals surface area contributed by atoms with Crippen LogP contribution in [0.1, 0.15) is 5.56 Å². The molecule has 9 rings (SSSR count). The van der Waals surface area contributed by atoms with E-state index in [2.05, 4.69) is 137 Å². The Hall–Kier alpha value is -5.28. The van der Waals surface area contributed by atoms with Crippen molar-refractivity contribution in [1.29, 1.82) is 0 Å². The van der Waals surface area contributed by atoms with Crippen molar-refractivity contribution in [2.24, 2.45) is 0 Å². The van der Waals surface area contributed by atoms with Gasteiger partial charge in [-0.05, 0) is 73.2 Å². The fourth-order valence-electron chi connectivity index (χ4n) is 6.64.